The molecule has 1 unspecified atom stereocenters. The van der Waals surface area contributed by atoms with Gasteiger partial charge < -0.3 is 0 Å². The maximum Gasteiger partial charge on any atom is 0.129 e. The zero-order valence-electron chi connectivity index (χ0n) is 8.27. The highest BCUT2D eigenvalue weighted by molar-refractivity contribution is 5.24. The number of halogens is 2. The van der Waals surface area contributed by atoms with Gasteiger partial charge >= 0.3 is 0 Å². The Kier molecular flexibility index (Phi) is 3.64. The fraction of sp³-hybridized carbons (Fsp3) is 0.333. The molecule has 1 rings (SSSR count). The molecule has 0 nitrogen and oxygen atoms in total. The van der Waals surface area contributed by atoms with E-state index < -0.39 is 11.6 Å². The van der Waals surface area contributed by atoms with Gasteiger partial charge in [-0.25, -0.2) is 8.78 Å². The van der Waals surface area contributed by atoms with Crippen LogP contribution in [0.15, 0.2) is 18.2 Å². The van der Waals surface area contributed by atoms with E-state index in [1.54, 1.807) is 13.8 Å². The summed E-state index contributed by atoms with van der Waals surface area (Å²) in [6.07, 6.45) is 0.481. The van der Waals surface area contributed by atoms with Crippen molar-refractivity contribution in [3.05, 3.63) is 35.4 Å². The first-order valence-electron chi connectivity index (χ1n) is 4.50. The van der Waals surface area contributed by atoms with E-state index in [1.807, 2.05) is 0 Å². The third-order valence-electron chi connectivity index (χ3n) is 2.08. The first-order chi connectivity index (χ1) is 6.66. The molecule has 0 radical (unpaired) electrons. The van der Waals surface area contributed by atoms with Gasteiger partial charge in [-0.2, -0.15) is 0 Å². The summed E-state index contributed by atoms with van der Waals surface area (Å²) >= 11 is 0. The highest BCUT2D eigenvalue weighted by atomic mass is 19.1. The van der Waals surface area contributed by atoms with E-state index >= 15 is 0 Å². The lowest BCUT2D eigenvalue weighted by Crippen LogP contribution is -2.00. The van der Waals surface area contributed by atoms with Crippen molar-refractivity contribution in [2.24, 2.45) is 0 Å². The van der Waals surface area contributed by atoms with Crippen LogP contribution in [0.4, 0.5) is 8.78 Å². The van der Waals surface area contributed by atoms with Crippen molar-refractivity contribution in [3.8, 4) is 11.8 Å². The fourth-order valence-electron chi connectivity index (χ4n) is 1.34. The first kappa shape index (κ1) is 10.7. The third-order valence-corrected chi connectivity index (χ3v) is 2.08. The maximum atomic E-state index is 13.2. The Balaban J connectivity index is 2.97. The minimum Gasteiger partial charge on any atom is -0.207 e. The van der Waals surface area contributed by atoms with Gasteiger partial charge in [0.05, 0.1) is 0 Å². The molecule has 1 aromatic carbocycles. The molecule has 0 amide bonds. The van der Waals surface area contributed by atoms with Crippen molar-refractivity contribution in [2.45, 2.75) is 26.2 Å². The van der Waals surface area contributed by atoms with E-state index in [4.69, 9.17) is 0 Å². The summed E-state index contributed by atoms with van der Waals surface area (Å²) in [5.41, 5.74) is 0.134. The predicted molar refractivity (Wildman–Crippen MR) is 52.8 cm³/mol. The summed E-state index contributed by atoms with van der Waals surface area (Å²) in [6, 6.07) is 3.91. The number of rotatable bonds is 2. The lowest BCUT2D eigenvalue weighted by atomic mass is 9.97. The van der Waals surface area contributed by atoms with Crippen LogP contribution in [0.2, 0.25) is 0 Å². The van der Waals surface area contributed by atoms with Crippen LogP contribution in [0, 0.1) is 23.5 Å². The Bertz CT molecular complexity index is 351. The average Bonchev–Trinajstić information content (AvgIpc) is 2.14. The topological polar surface area (TPSA) is 0 Å². The molecule has 2 heteroatoms. The van der Waals surface area contributed by atoms with Crippen molar-refractivity contribution in [1.29, 1.82) is 0 Å². The summed E-state index contributed by atoms with van der Waals surface area (Å²) in [7, 11) is 0. The van der Waals surface area contributed by atoms with Crippen molar-refractivity contribution in [3.63, 3.8) is 0 Å². The molecule has 0 saturated carbocycles. The van der Waals surface area contributed by atoms with Crippen LogP contribution in [-0.2, 0) is 0 Å². The SMILES string of the molecule is CC#CCC(C)c1c(F)cccc1F. The van der Waals surface area contributed by atoms with Gasteiger partial charge in [0.15, 0.2) is 0 Å². The van der Waals surface area contributed by atoms with Crippen LogP contribution in [-0.4, -0.2) is 0 Å². The smallest absolute Gasteiger partial charge is 0.129 e. The Hall–Kier alpha value is -1.36. The van der Waals surface area contributed by atoms with Gasteiger partial charge in [-0.3, -0.25) is 0 Å². The number of hydrogen-bond donors (Lipinski definition) is 0. The van der Waals surface area contributed by atoms with Gasteiger partial charge in [0, 0.05) is 12.0 Å². The van der Waals surface area contributed by atoms with Crippen LogP contribution in [0.5, 0.6) is 0 Å². The molecule has 0 fully saturated rings. The monoisotopic (exact) mass is 194 g/mol. The molecule has 0 aromatic heterocycles. The Morgan fingerprint density at radius 3 is 2.36 bits per heavy atom. The molecule has 0 aliphatic heterocycles. The number of hydrogen-bond acceptors (Lipinski definition) is 0. The molecule has 1 aromatic rings. The van der Waals surface area contributed by atoms with Gasteiger partial charge in [-0.15, -0.1) is 11.8 Å². The lowest BCUT2D eigenvalue weighted by molar-refractivity contribution is 0.535. The van der Waals surface area contributed by atoms with Gasteiger partial charge in [0.25, 0.3) is 0 Å². The Morgan fingerprint density at radius 2 is 1.86 bits per heavy atom. The normalized spacial score (nSPS) is 11.7. The molecule has 1 atom stereocenters. The predicted octanol–water partition coefficient (Wildman–Crippen LogP) is 3.48. The summed E-state index contributed by atoms with van der Waals surface area (Å²) < 4.78 is 26.5. The second-order valence-electron chi connectivity index (χ2n) is 3.17. The van der Waals surface area contributed by atoms with Crippen molar-refractivity contribution >= 4 is 0 Å². The van der Waals surface area contributed by atoms with E-state index in [1.165, 1.54) is 18.2 Å². The number of benzene rings is 1. The molecule has 14 heavy (non-hydrogen) atoms. The first-order valence-corrected chi connectivity index (χ1v) is 4.50. The van der Waals surface area contributed by atoms with E-state index in [-0.39, 0.29) is 11.5 Å². The van der Waals surface area contributed by atoms with E-state index in [0.717, 1.165) is 0 Å². The Morgan fingerprint density at radius 1 is 1.29 bits per heavy atom. The van der Waals surface area contributed by atoms with Gasteiger partial charge in [0.2, 0.25) is 0 Å². The standard InChI is InChI=1S/C12H12F2/c1-3-4-6-9(2)12-10(13)7-5-8-11(12)14/h5,7-9H,6H2,1-2H3. The fourth-order valence-corrected chi connectivity index (χ4v) is 1.34. The molecule has 0 aliphatic carbocycles. The zero-order valence-corrected chi connectivity index (χ0v) is 8.27. The van der Waals surface area contributed by atoms with Gasteiger partial charge in [0.1, 0.15) is 11.6 Å². The van der Waals surface area contributed by atoms with Gasteiger partial charge in [-0.05, 0) is 25.0 Å². The minimum atomic E-state index is -0.490. The average molecular weight is 194 g/mol. The van der Waals surface area contributed by atoms with Crippen molar-refractivity contribution in [1.82, 2.24) is 0 Å². The summed E-state index contributed by atoms with van der Waals surface area (Å²) in [4.78, 5) is 0. The molecule has 0 bridgehead atoms. The van der Waals surface area contributed by atoms with Gasteiger partial charge in [-0.1, -0.05) is 13.0 Å². The molecule has 0 saturated heterocycles. The second-order valence-corrected chi connectivity index (χ2v) is 3.17. The van der Waals surface area contributed by atoms with Crippen LogP contribution in [0.3, 0.4) is 0 Å². The molecule has 0 spiro atoms. The van der Waals surface area contributed by atoms with Crippen LogP contribution in [0.1, 0.15) is 31.7 Å². The van der Waals surface area contributed by atoms with Crippen LogP contribution >= 0.6 is 0 Å². The summed E-state index contributed by atoms with van der Waals surface area (Å²) in [5, 5.41) is 0. The van der Waals surface area contributed by atoms with Crippen LogP contribution in [0.25, 0.3) is 0 Å². The molecular formula is C12H12F2. The quantitative estimate of drug-likeness (QED) is 0.632. The van der Waals surface area contributed by atoms with E-state index in [0.29, 0.717) is 6.42 Å². The largest absolute Gasteiger partial charge is 0.207 e. The van der Waals surface area contributed by atoms with Crippen LogP contribution < -0.4 is 0 Å². The summed E-state index contributed by atoms with van der Waals surface area (Å²) in [6.45, 7) is 3.48. The van der Waals surface area contributed by atoms with E-state index in [2.05, 4.69) is 11.8 Å². The third kappa shape index (κ3) is 2.32. The lowest BCUT2D eigenvalue weighted by Gasteiger charge is -2.10. The molecule has 74 valence electrons. The zero-order chi connectivity index (χ0) is 10.6. The summed E-state index contributed by atoms with van der Waals surface area (Å²) in [5.74, 6) is 4.34. The maximum absolute atomic E-state index is 13.2. The molecular weight excluding hydrogens is 182 g/mol. The van der Waals surface area contributed by atoms with Crippen molar-refractivity contribution in [2.75, 3.05) is 0 Å². The van der Waals surface area contributed by atoms with Crippen molar-refractivity contribution < 1.29 is 8.78 Å². The Labute approximate surface area is 83.0 Å². The highest BCUT2D eigenvalue weighted by Gasteiger charge is 2.14. The highest BCUT2D eigenvalue weighted by Crippen LogP contribution is 2.24. The molecule has 0 N–H and O–H groups in total. The second kappa shape index (κ2) is 4.76. The molecule has 0 aliphatic rings. The minimum absolute atomic E-state index is 0.134. The van der Waals surface area contributed by atoms with E-state index in [9.17, 15) is 8.78 Å². The molecule has 0 heterocycles.